The van der Waals surface area contributed by atoms with Gasteiger partial charge >= 0.3 is 12.1 Å². The molecule has 0 aliphatic carbocycles. The van der Waals surface area contributed by atoms with Crippen molar-refractivity contribution in [2.24, 2.45) is 0 Å². The second-order valence-electron chi connectivity index (χ2n) is 6.33. The maximum atomic E-state index is 12.8. The predicted molar refractivity (Wildman–Crippen MR) is 109 cm³/mol. The molecule has 1 aliphatic heterocycles. The van der Waals surface area contributed by atoms with Crippen molar-refractivity contribution >= 4 is 46.7 Å². The smallest absolute Gasteiger partial charge is 0.417 e. The third-order valence-electron chi connectivity index (χ3n) is 3.98. The van der Waals surface area contributed by atoms with Gasteiger partial charge in [0.2, 0.25) is 0 Å². The molecule has 1 N–H and O–H groups in total. The van der Waals surface area contributed by atoms with Crippen LogP contribution >= 0.6 is 23.8 Å². The number of nitrogens with one attached hydrogen (secondary N) is 1. The number of nitrogens with zero attached hydrogens (tertiary/aromatic N) is 2. The van der Waals surface area contributed by atoms with Gasteiger partial charge in [-0.1, -0.05) is 23.7 Å². The van der Waals surface area contributed by atoms with Gasteiger partial charge in [0.15, 0.2) is 5.11 Å². The Morgan fingerprint density at radius 2 is 2.07 bits per heavy atom. The molecule has 0 spiro atoms. The monoisotopic (exact) mass is 441 g/mol. The lowest BCUT2D eigenvalue weighted by Crippen LogP contribution is -2.51. The zero-order valence-electron chi connectivity index (χ0n) is 16.2. The molecule has 0 saturated carbocycles. The minimum atomic E-state index is -1.17. The molecule has 9 nitrogen and oxygen atoms in total. The number of rotatable bonds is 5. The van der Waals surface area contributed by atoms with Crippen LogP contribution in [0.1, 0.15) is 39.3 Å². The van der Waals surface area contributed by atoms with Crippen molar-refractivity contribution in [3.05, 3.63) is 50.2 Å². The van der Waals surface area contributed by atoms with Crippen LogP contribution in [0.15, 0.2) is 29.5 Å². The number of thiocarbonyl (C=S) groups is 1. The maximum absolute atomic E-state index is 12.8. The van der Waals surface area contributed by atoms with Crippen LogP contribution in [0, 0.1) is 10.1 Å². The number of amides is 1. The Morgan fingerprint density at radius 3 is 2.62 bits per heavy atom. The zero-order chi connectivity index (χ0) is 21.9. The molecular formula is C18H20ClN3O6S. The van der Waals surface area contributed by atoms with E-state index in [-0.39, 0.29) is 33.6 Å². The van der Waals surface area contributed by atoms with E-state index in [0.717, 1.165) is 4.90 Å². The molecule has 0 saturated heterocycles. The molecule has 1 aromatic rings. The molecular weight excluding hydrogens is 422 g/mol. The molecule has 0 bridgehead atoms. The van der Waals surface area contributed by atoms with Crippen LogP contribution in [0.25, 0.3) is 0 Å². The largest absolute Gasteiger partial charge is 0.463 e. The van der Waals surface area contributed by atoms with Crippen molar-refractivity contribution in [3.8, 4) is 0 Å². The van der Waals surface area contributed by atoms with E-state index in [4.69, 9.17) is 33.3 Å². The summed E-state index contributed by atoms with van der Waals surface area (Å²) >= 11 is 11.6. The summed E-state index contributed by atoms with van der Waals surface area (Å²) in [5.41, 5.74) is 0.164. The number of ether oxygens (including phenoxy) is 2. The zero-order valence-corrected chi connectivity index (χ0v) is 17.8. The highest BCUT2D eigenvalue weighted by atomic mass is 35.5. The summed E-state index contributed by atoms with van der Waals surface area (Å²) in [7, 11) is 0. The highest BCUT2D eigenvalue weighted by Crippen LogP contribution is 2.41. The van der Waals surface area contributed by atoms with Crippen LogP contribution < -0.4 is 5.32 Å². The number of esters is 1. The minimum absolute atomic E-state index is 0.0335. The number of hydrogen-bond donors (Lipinski definition) is 1. The number of halogens is 1. The van der Waals surface area contributed by atoms with E-state index in [1.165, 1.54) is 18.2 Å². The van der Waals surface area contributed by atoms with E-state index >= 15 is 0 Å². The fourth-order valence-corrected chi connectivity index (χ4v) is 3.47. The standard InChI is InChI=1S/C18H20ClN3O6S/c1-5-27-16(23)13-10(4)20-17(29)21(18(24)28-9(2)3)15(13)11-7-6-8-12(14(11)19)22(25)26/h6-9,15H,5H2,1-4H3,(H,20,29). The number of nitro benzene ring substituents is 1. The van der Waals surface area contributed by atoms with E-state index in [9.17, 15) is 19.7 Å². The fourth-order valence-electron chi connectivity index (χ4n) is 2.84. The van der Waals surface area contributed by atoms with Crippen LogP contribution in [0.3, 0.4) is 0 Å². The third-order valence-corrected chi connectivity index (χ3v) is 4.69. The molecule has 0 fully saturated rings. The summed E-state index contributed by atoms with van der Waals surface area (Å²) in [6.07, 6.45) is -1.30. The second kappa shape index (κ2) is 9.19. The number of nitro groups is 1. The van der Waals surface area contributed by atoms with E-state index in [2.05, 4.69) is 5.32 Å². The first-order chi connectivity index (χ1) is 13.6. The van der Waals surface area contributed by atoms with E-state index in [0.29, 0.717) is 5.70 Å². The molecule has 156 valence electrons. The summed E-state index contributed by atoms with van der Waals surface area (Å²) < 4.78 is 10.4. The van der Waals surface area contributed by atoms with Crippen LogP contribution in [-0.2, 0) is 14.3 Å². The first kappa shape index (κ1) is 22.6. The number of allylic oxidation sites excluding steroid dienone is 1. The summed E-state index contributed by atoms with van der Waals surface area (Å²) in [6, 6.07) is 2.95. The van der Waals surface area contributed by atoms with Gasteiger partial charge in [0.25, 0.3) is 5.69 Å². The Balaban J connectivity index is 2.75. The molecule has 1 amide bonds. The molecule has 1 atom stereocenters. The van der Waals surface area contributed by atoms with Gasteiger partial charge in [0, 0.05) is 17.3 Å². The first-order valence-corrected chi connectivity index (χ1v) is 9.50. The third kappa shape index (κ3) is 4.65. The van der Waals surface area contributed by atoms with Gasteiger partial charge in [-0.25, -0.2) is 14.5 Å². The Morgan fingerprint density at radius 1 is 1.41 bits per heavy atom. The first-order valence-electron chi connectivity index (χ1n) is 8.71. The summed E-state index contributed by atoms with van der Waals surface area (Å²) in [5.74, 6) is -0.713. The average molecular weight is 442 g/mol. The fraction of sp³-hybridized carbons (Fsp3) is 0.389. The van der Waals surface area contributed by atoms with Gasteiger partial charge in [-0.2, -0.15) is 0 Å². The van der Waals surface area contributed by atoms with E-state index in [1.807, 2.05) is 0 Å². The highest BCUT2D eigenvalue weighted by molar-refractivity contribution is 7.80. The summed E-state index contributed by atoms with van der Waals surface area (Å²) in [6.45, 7) is 6.62. The summed E-state index contributed by atoms with van der Waals surface area (Å²) in [5, 5.41) is 13.9. The predicted octanol–water partition coefficient (Wildman–Crippen LogP) is 3.86. The van der Waals surface area contributed by atoms with E-state index in [1.54, 1.807) is 27.7 Å². The van der Waals surface area contributed by atoms with Crippen molar-refractivity contribution in [3.63, 3.8) is 0 Å². The topological polar surface area (TPSA) is 111 Å². The normalized spacial score (nSPS) is 16.6. The van der Waals surface area contributed by atoms with Crippen molar-refractivity contribution in [1.29, 1.82) is 0 Å². The molecule has 1 aliphatic rings. The molecule has 1 unspecified atom stereocenters. The van der Waals surface area contributed by atoms with Gasteiger partial charge in [-0.05, 0) is 39.9 Å². The number of carbonyl (C=O) groups is 2. The van der Waals surface area contributed by atoms with Crippen LogP contribution in [0.4, 0.5) is 10.5 Å². The molecule has 0 aromatic heterocycles. The van der Waals surface area contributed by atoms with Gasteiger partial charge in [0.05, 0.1) is 23.2 Å². The summed E-state index contributed by atoms with van der Waals surface area (Å²) in [4.78, 5) is 37.2. The molecule has 1 aromatic carbocycles. The molecule has 1 heterocycles. The minimum Gasteiger partial charge on any atom is -0.463 e. The van der Waals surface area contributed by atoms with Gasteiger partial charge in [0.1, 0.15) is 11.1 Å². The molecule has 2 rings (SSSR count). The highest BCUT2D eigenvalue weighted by Gasteiger charge is 2.43. The number of carbonyl (C=O) groups excluding carboxylic acids is 2. The van der Waals surface area contributed by atoms with Crippen molar-refractivity contribution < 1.29 is 24.0 Å². The molecule has 29 heavy (non-hydrogen) atoms. The van der Waals surface area contributed by atoms with E-state index < -0.39 is 29.1 Å². The SMILES string of the molecule is CCOC(=O)C1=C(C)NC(=S)N(C(=O)OC(C)C)C1c1cccc([N+](=O)[O-])c1Cl. The Labute approximate surface area is 177 Å². The lowest BCUT2D eigenvalue weighted by atomic mass is 9.93. The lowest BCUT2D eigenvalue weighted by Gasteiger charge is -2.38. The number of benzene rings is 1. The van der Waals surface area contributed by atoms with Gasteiger partial charge in [-0.3, -0.25) is 10.1 Å². The van der Waals surface area contributed by atoms with Crippen molar-refractivity contribution in [1.82, 2.24) is 10.2 Å². The Hall–Kier alpha value is -2.72. The van der Waals surface area contributed by atoms with Crippen LogP contribution in [0.2, 0.25) is 5.02 Å². The average Bonchev–Trinajstić information content (AvgIpc) is 2.60. The molecule has 0 radical (unpaired) electrons. The Kier molecular flexibility index (Phi) is 7.15. The van der Waals surface area contributed by atoms with Crippen LogP contribution in [-0.4, -0.2) is 39.7 Å². The van der Waals surface area contributed by atoms with Crippen molar-refractivity contribution in [2.45, 2.75) is 39.8 Å². The van der Waals surface area contributed by atoms with Gasteiger partial charge in [-0.15, -0.1) is 0 Å². The lowest BCUT2D eigenvalue weighted by molar-refractivity contribution is -0.384. The van der Waals surface area contributed by atoms with Crippen LogP contribution in [0.5, 0.6) is 0 Å². The second-order valence-corrected chi connectivity index (χ2v) is 7.10. The van der Waals surface area contributed by atoms with Crippen molar-refractivity contribution in [2.75, 3.05) is 6.61 Å². The molecule has 11 heteroatoms. The Bertz CT molecular complexity index is 902. The number of hydrogen-bond acceptors (Lipinski definition) is 7. The maximum Gasteiger partial charge on any atom is 0.417 e. The quantitative estimate of drug-likeness (QED) is 0.317. The van der Waals surface area contributed by atoms with Gasteiger partial charge < -0.3 is 14.8 Å².